The molecule has 2 N–H and O–H groups in total. The molecule has 1 atom stereocenters. The van der Waals surface area contributed by atoms with Crippen LogP contribution in [0.25, 0.3) is 0 Å². The Hall–Kier alpha value is -1.46. The van der Waals surface area contributed by atoms with Crippen LogP contribution < -0.4 is 14.8 Å². The van der Waals surface area contributed by atoms with Crippen molar-refractivity contribution < 1.29 is 14.6 Å². The van der Waals surface area contributed by atoms with Gasteiger partial charge in [0.25, 0.3) is 0 Å². The quantitative estimate of drug-likeness (QED) is 0.736. The van der Waals surface area contributed by atoms with Gasteiger partial charge in [0.2, 0.25) is 0 Å². The van der Waals surface area contributed by atoms with E-state index in [1.54, 1.807) is 26.2 Å². The normalized spacial score (nSPS) is 12.0. The Bertz CT molecular complexity index is 677. The predicted molar refractivity (Wildman–Crippen MR) is 97.2 cm³/mol. The highest BCUT2D eigenvalue weighted by Crippen LogP contribution is 2.32. The number of hydrogen-bond donors (Lipinski definition) is 2. The molecule has 0 aromatic heterocycles. The first kappa shape index (κ1) is 18.9. The maximum atomic E-state index is 9.36. The summed E-state index contributed by atoms with van der Waals surface area (Å²) in [6, 6.07) is 11.0. The molecular weight excluding hydrogens is 349 g/mol. The Labute approximate surface area is 152 Å². The van der Waals surface area contributed by atoms with Gasteiger partial charge < -0.3 is 19.9 Å². The van der Waals surface area contributed by atoms with Crippen LogP contribution in [0.15, 0.2) is 36.4 Å². The molecule has 2 aromatic rings. The largest absolute Gasteiger partial charge is 0.493 e. The Morgan fingerprint density at radius 3 is 2.62 bits per heavy atom. The predicted octanol–water partition coefficient (Wildman–Crippen LogP) is 4.05. The molecule has 0 aliphatic heterocycles. The molecule has 0 aliphatic carbocycles. The molecule has 24 heavy (non-hydrogen) atoms. The second-order valence-electron chi connectivity index (χ2n) is 5.45. The first-order valence-electron chi connectivity index (χ1n) is 7.62. The smallest absolute Gasteiger partial charge is 0.166 e. The third-order valence-electron chi connectivity index (χ3n) is 3.42. The van der Waals surface area contributed by atoms with E-state index in [0.29, 0.717) is 41.2 Å². The fraction of sp³-hybridized carbons (Fsp3) is 0.333. The first-order chi connectivity index (χ1) is 11.5. The van der Waals surface area contributed by atoms with E-state index in [1.807, 2.05) is 24.3 Å². The summed E-state index contributed by atoms with van der Waals surface area (Å²) >= 11 is 12.1. The number of nitrogens with one attached hydrogen (secondary N) is 1. The molecule has 0 spiro atoms. The lowest BCUT2D eigenvalue weighted by Gasteiger charge is -2.16. The van der Waals surface area contributed by atoms with Gasteiger partial charge in [0.15, 0.2) is 11.5 Å². The Balaban J connectivity index is 2.14. The van der Waals surface area contributed by atoms with Crippen LogP contribution in [-0.2, 0) is 13.2 Å². The molecule has 130 valence electrons. The minimum absolute atomic E-state index is 0.305. The van der Waals surface area contributed by atoms with E-state index in [2.05, 4.69) is 5.32 Å². The summed E-state index contributed by atoms with van der Waals surface area (Å²) in [6.07, 6.45) is -0.409. The van der Waals surface area contributed by atoms with Crippen molar-refractivity contribution in [1.29, 1.82) is 0 Å². The summed E-state index contributed by atoms with van der Waals surface area (Å²) in [4.78, 5) is 0. The molecule has 0 unspecified atom stereocenters. The molecule has 4 nitrogen and oxygen atoms in total. The average Bonchev–Trinajstić information content (AvgIpc) is 2.54. The van der Waals surface area contributed by atoms with Crippen LogP contribution in [-0.4, -0.2) is 24.9 Å². The lowest BCUT2D eigenvalue weighted by molar-refractivity contribution is 0.190. The minimum atomic E-state index is -0.409. The van der Waals surface area contributed by atoms with Crippen molar-refractivity contribution in [3.8, 4) is 11.5 Å². The molecule has 0 heterocycles. The van der Waals surface area contributed by atoms with Gasteiger partial charge in [-0.05, 0) is 25.1 Å². The van der Waals surface area contributed by atoms with Gasteiger partial charge in [0.1, 0.15) is 6.61 Å². The molecule has 2 rings (SSSR count). The van der Waals surface area contributed by atoms with E-state index < -0.39 is 6.10 Å². The highest BCUT2D eigenvalue weighted by atomic mass is 35.5. The molecule has 0 bridgehead atoms. The second kappa shape index (κ2) is 9.14. The number of rotatable bonds is 8. The zero-order valence-corrected chi connectivity index (χ0v) is 15.2. The average molecular weight is 370 g/mol. The van der Waals surface area contributed by atoms with Crippen molar-refractivity contribution in [2.24, 2.45) is 0 Å². The topological polar surface area (TPSA) is 50.7 Å². The number of ether oxygens (including phenoxy) is 2. The third-order valence-corrected chi connectivity index (χ3v) is 4.01. The summed E-state index contributed by atoms with van der Waals surface area (Å²) in [5.74, 6) is 1.31. The van der Waals surface area contributed by atoms with Crippen molar-refractivity contribution in [1.82, 2.24) is 5.32 Å². The van der Waals surface area contributed by atoms with Crippen LogP contribution in [0.3, 0.4) is 0 Å². The number of benzene rings is 2. The van der Waals surface area contributed by atoms with Crippen LogP contribution in [0.4, 0.5) is 0 Å². The molecule has 0 saturated carbocycles. The fourth-order valence-corrected chi connectivity index (χ4v) is 2.69. The SMILES string of the molecule is COc1cccc(CNC[C@H](C)O)c1OCc1ccc(Cl)cc1Cl. The van der Waals surface area contributed by atoms with E-state index in [9.17, 15) is 5.11 Å². The fourth-order valence-electron chi connectivity index (χ4n) is 2.23. The standard InChI is InChI=1S/C18H21Cl2NO3/c1-12(22)9-21-10-13-4-3-5-17(23-2)18(13)24-11-14-6-7-15(19)8-16(14)20/h3-8,12,21-22H,9-11H2,1-2H3/t12-/m0/s1. The first-order valence-corrected chi connectivity index (χ1v) is 8.38. The number of methoxy groups -OCH3 is 1. The summed E-state index contributed by atoms with van der Waals surface area (Å²) in [6.45, 7) is 3.10. The second-order valence-corrected chi connectivity index (χ2v) is 6.30. The zero-order valence-electron chi connectivity index (χ0n) is 13.7. The maximum Gasteiger partial charge on any atom is 0.166 e. The van der Waals surface area contributed by atoms with Gasteiger partial charge in [0, 0.05) is 34.3 Å². The van der Waals surface area contributed by atoms with E-state index in [-0.39, 0.29) is 0 Å². The summed E-state index contributed by atoms with van der Waals surface area (Å²) in [5, 5.41) is 13.7. The van der Waals surface area contributed by atoms with Crippen molar-refractivity contribution in [2.75, 3.05) is 13.7 Å². The summed E-state index contributed by atoms with van der Waals surface area (Å²) in [5.41, 5.74) is 1.79. The van der Waals surface area contributed by atoms with Gasteiger partial charge in [-0.25, -0.2) is 0 Å². The van der Waals surface area contributed by atoms with Crippen molar-refractivity contribution >= 4 is 23.2 Å². The Kier molecular flexibility index (Phi) is 7.18. The van der Waals surface area contributed by atoms with Crippen LogP contribution in [0.2, 0.25) is 10.0 Å². The summed E-state index contributed by atoms with van der Waals surface area (Å²) < 4.78 is 11.4. The number of aliphatic hydroxyl groups excluding tert-OH is 1. The summed E-state index contributed by atoms with van der Waals surface area (Å²) in [7, 11) is 1.60. The van der Waals surface area contributed by atoms with Crippen LogP contribution in [0, 0.1) is 0 Å². The van der Waals surface area contributed by atoms with Gasteiger partial charge in [-0.3, -0.25) is 0 Å². The highest BCUT2D eigenvalue weighted by Gasteiger charge is 2.12. The van der Waals surface area contributed by atoms with E-state index in [0.717, 1.165) is 11.1 Å². The monoisotopic (exact) mass is 369 g/mol. The minimum Gasteiger partial charge on any atom is -0.493 e. The van der Waals surface area contributed by atoms with E-state index in [4.69, 9.17) is 32.7 Å². The maximum absolute atomic E-state index is 9.36. The number of aliphatic hydroxyl groups is 1. The molecule has 6 heteroatoms. The zero-order chi connectivity index (χ0) is 17.5. The Morgan fingerprint density at radius 1 is 1.17 bits per heavy atom. The lowest BCUT2D eigenvalue weighted by atomic mass is 10.1. The molecule has 0 fully saturated rings. The Morgan fingerprint density at radius 2 is 1.96 bits per heavy atom. The van der Waals surface area contributed by atoms with Gasteiger partial charge in [-0.1, -0.05) is 41.4 Å². The number of halogens is 2. The van der Waals surface area contributed by atoms with Gasteiger partial charge >= 0.3 is 0 Å². The van der Waals surface area contributed by atoms with Gasteiger partial charge in [-0.2, -0.15) is 0 Å². The highest BCUT2D eigenvalue weighted by molar-refractivity contribution is 6.35. The van der Waals surface area contributed by atoms with Crippen molar-refractivity contribution in [2.45, 2.75) is 26.2 Å². The van der Waals surface area contributed by atoms with Crippen LogP contribution in [0.1, 0.15) is 18.1 Å². The molecule has 0 aliphatic rings. The van der Waals surface area contributed by atoms with Gasteiger partial charge in [-0.15, -0.1) is 0 Å². The van der Waals surface area contributed by atoms with E-state index in [1.165, 1.54) is 0 Å². The van der Waals surface area contributed by atoms with E-state index >= 15 is 0 Å². The van der Waals surface area contributed by atoms with Gasteiger partial charge in [0.05, 0.1) is 13.2 Å². The third kappa shape index (κ3) is 5.28. The number of hydrogen-bond acceptors (Lipinski definition) is 4. The molecule has 2 aromatic carbocycles. The molecule has 0 amide bonds. The number of para-hydroxylation sites is 1. The molecule has 0 saturated heterocycles. The van der Waals surface area contributed by atoms with Crippen molar-refractivity contribution in [3.63, 3.8) is 0 Å². The van der Waals surface area contributed by atoms with Crippen LogP contribution in [0.5, 0.6) is 11.5 Å². The van der Waals surface area contributed by atoms with Crippen LogP contribution >= 0.6 is 23.2 Å². The molecule has 0 radical (unpaired) electrons. The van der Waals surface area contributed by atoms with Crippen molar-refractivity contribution in [3.05, 3.63) is 57.6 Å². The lowest BCUT2D eigenvalue weighted by Crippen LogP contribution is -2.24. The molecular formula is C18H21Cl2NO3.